The number of ether oxygens (including phenoxy) is 5. The minimum Gasteiger partial charge on any atom is -0.482 e. The summed E-state index contributed by atoms with van der Waals surface area (Å²) < 4.78 is 110. The molecule has 650 valence electrons. The zero-order valence-corrected chi connectivity index (χ0v) is 81.1. The summed E-state index contributed by atoms with van der Waals surface area (Å²) in [6, 6.07) is 35.6. The van der Waals surface area contributed by atoms with Crippen LogP contribution < -0.4 is 34.1 Å². The molecule has 0 saturated carbocycles. The number of benzene rings is 6. The second-order valence-corrected chi connectivity index (χ2v) is 36.3. The second-order valence-electron chi connectivity index (χ2n) is 31.4. The Balaban J connectivity index is 0.000000220. The van der Waals surface area contributed by atoms with Crippen molar-refractivity contribution in [3.63, 3.8) is 0 Å². The van der Waals surface area contributed by atoms with Gasteiger partial charge in [-0.2, -0.15) is 0 Å². The van der Waals surface area contributed by atoms with Crippen molar-refractivity contribution in [2.24, 2.45) is 5.14 Å². The molecule has 3 fully saturated rings. The van der Waals surface area contributed by atoms with Crippen LogP contribution in [0.15, 0.2) is 160 Å². The lowest BCUT2D eigenvalue weighted by atomic mass is 9.83. The Labute approximate surface area is 752 Å². The number of halogens is 4. The zero-order valence-electron chi connectivity index (χ0n) is 70.0. The van der Waals surface area contributed by atoms with Crippen molar-refractivity contribution in [2.75, 3.05) is 78.5 Å². The summed E-state index contributed by atoms with van der Waals surface area (Å²) in [5.41, 5.74) is 5.20. The Kier molecular flexibility index (Phi) is 34.1. The number of fused-ring (bicyclic) bond motifs is 3. The number of carbonyl (C=O) groups excluding carboxylic acids is 7. The highest BCUT2D eigenvalue weighted by Crippen LogP contribution is 2.48. The SMILES string of the molecule is CCN(CC)C(=O)c1ccc(C2=CC3(CCN(C(=O)OC(C)(C)C)CC3)Oc3ccc(S(=O)(=O)NC(C)=O)cc32)cc1.CCN(CC)C(=O)c1ccc(C2=CC3(CCN(C(=O)OC(C)(C)C)CC3)Oc3ccc(S(N)(=O)=O)cc32)cc1.CCN(CC)C(=O)c1ccc(C2=CC3(CCNCC3)Oc3ccc(S(=O)(=O)NC(C)=O)cc32)cc1.II.II. The molecule has 0 aliphatic carbocycles. The molecule has 34 heteroatoms. The third kappa shape index (κ3) is 24.7. The Morgan fingerprint density at radius 1 is 0.425 bits per heavy atom. The van der Waals surface area contributed by atoms with Crippen LogP contribution in [0.5, 0.6) is 17.2 Å². The van der Waals surface area contributed by atoms with Crippen molar-refractivity contribution < 1.29 is 82.5 Å². The molecule has 5 N–H and O–H groups in total. The van der Waals surface area contributed by atoms with E-state index >= 15 is 0 Å². The summed E-state index contributed by atoms with van der Waals surface area (Å²) in [4.78, 5) is 95.3. The van der Waals surface area contributed by atoms with Crippen LogP contribution in [0, 0.1) is 0 Å². The van der Waals surface area contributed by atoms with E-state index in [1.807, 2.05) is 141 Å². The smallest absolute Gasteiger partial charge is 0.410 e. The molecular formula is C86H107I4N9O18S3. The topological polar surface area (TPSA) is 346 Å². The van der Waals surface area contributed by atoms with Crippen LogP contribution in [0.1, 0.15) is 200 Å². The van der Waals surface area contributed by atoms with Crippen LogP contribution in [0.2, 0.25) is 0 Å². The van der Waals surface area contributed by atoms with Gasteiger partial charge < -0.3 is 53.5 Å². The van der Waals surface area contributed by atoms with E-state index in [1.54, 1.807) is 79.1 Å². The average molecular weight is 2160 g/mol. The number of piperidine rings is 3. The number of hydrogen-bond acceptors (Lipinski definition) is 19. The lowest BCUT2D eigenvalue weighted by Gasteiger charge is -2.43. The molecule has 3 spiro atoms. The zero-order chi connectivity index (χ0) is 88.7. The van der Waals surface area contributed by atoms with Crippen LogP contribution in [0.4, 0.5) is 9.59 Å². The molecule has 0 radical (unpaired) electrons. The van der Waals surface area contributed by atoms with Gasteiger partial charge in [-0.05, 0) is 239 Å². The van der Waals surface area contributed by atoms with Gasteiger partial charge in [0.2, 0.25) is 21.8 Å². The molecule has 12 rings (SSSR count). The van der Waals surface area contributed by atoms with E-state index in [1.165, 1.54) is 36.4 Å². The van der Waals surface area contributed by atoms with E-state index in [9.17, 15) is 58.8 Å². The lowest BCUT2D eigenvalue weighted by Crippen LogP contribution is -2.50. The monoisotopic (exact) mass is 2160 g/mol. The van der Waals surface area contributed by atoms with Crippen LogP contribution in [-0.2, 0) is 49.1 Å². The van der Waals surface area contributed by atoms with Gasteiger partial charge in [-0.25, -0.2) is 49.4 Å². The number of nitrogens with zero attached hydrogens (tertiary/aromatic N) is 5. The van der Waals surface area contributed by atoms with E-state index in [-0.39, 0.29) is 44.6 Å². The largest absolute Gasteiger partial charge is 0.482 e. The highest BCUT2D eigenvalue weighted by molar-refractivity contribution is 15.0. The summed E-state index contributed by atoms with van der Waals surface area (Å²) in [7, 11) is -12.0. The molecule has 6 aromatic carbocycles. The fourth-order valence-corrected chi connectivity index (χ4v) is 17.3. The van der Waals surface area contributed by atoms with Crippen molar-refractivity contribution in [3.8, 4) is 17.2 Å². The van der Waals surface area contributed by atoms with Gasteiger partial charge in [-0.3, -0.25) is 24.0 Å². The average Bonchev–Trinajstić information content (AvgIpc) is 0.753. The fraction of sp³-hybridized carbons (Fsp3) is 0.430. The van der Waals surface area contributed by atoms with Crippen LogP contribution in [0.25, 0.3) is 16.7 Å². The Bertz CT molecular complexity index is 5180. The minimum atomic E-state index is -4.09. The number of sulfonamides is 3. The molecule has 7 amide bonds. The van der Waals surface area contributed by atoms with Gasteiger partial charge in [-0.1, -0.05) is 36.4 Å². The molecule has 0 bridgehead atoms. The molecule has 6 aliphatic rings. The summed E-state index contributed by atoms with van der Waals surface area (Å²) in [6.45, 7) is 32.0. The highest BCUT2D eigenvalue weighted by Gasteiger charge is 2.45. The molecule has 3 saturated heterocycles. The number of rotatable bonds is 17. The van der Waals surface area contributed by atoms with Gasteiger partial charge in [-0.15, -0.1) is 0 Å². The molecule has 6 aliphatic heterocycles. The van der Waals surface area contributed by atoms with Gasteiger partial charge in [0.25, 0.3) is 37.8 Å². The maximum absolute atomic E-state index is 12.9. The first-order valence-electron chi connectivity index (χ1n) is 39.5. The van der Waals surface area contributed by atoms with Crippen LogP contribution >= 0.6 is 74.5 Å². The fourth-order valence-electron chi connectivity index (χ4n) is 14.8. The van der Waals surface area contributed by atoms with Gasteiger partial charge >= 0.3 is 12.2 Å². The standard InChI is InChI=1S/C31H39N3O7S.C29H37N3O6S.C26H31N3O5S.2I2/c1-7-33(8-2)28(36)23-11-9-22(10-12-23)26-20-31(15-17-34(18-16-31)29(37)41-30(4,5)6)40-27-14-13-24(19-25(26)27)42(38,39)32-21(3)35;1-6-31(7-2)26(33)21-10-8-20(9-11-21)24-19-29(14-16-32(17-15-29)27(34)38-28(3,4)5)37-25-13-12-22(18-23(24)25)39(30,35)36;1-4-29(5-2)25(31)20-8-6-19(7-9-20)23-17-26(12-14-27-15-13-26)34-24-11-10-21(16-22(23)24)35(32,33)28-18(3)30;2*1-2/h9-14,19-20H,7-8,15-18H2,1-6H3,(H,32,35);8-13,18-19H,6-7,14-17H2,1-5H3,(H2,30,35,36);6-11,16-17,27H,4-5,12-15H2,1-3H3,(H,28,30);;. The summed E-state index contributed by atoms with van der Waals surface area (Å²) in [5.74, 6) is 0.131. The molecule has 0 unspecified atom stereocenters. The number of nitrogens with two attached hydrogens (primary N) is 1. The molecule has 120 heavy (non-hydrogen) atoms. The van der Waals surface area contributed by atoms with Crippen molar-refractivity contribution in [2.45, 2.75) is 178 Å². The van der Waals surface area contributed by atoms with Gasteiger partial charge in [0.15, 0.2) is 0 Å². The number of amides is 7. The number of carbonyl (C=O) groups is 7. The van der Waals surface area contributed by atoms with Crippen molar-refractivity contribution >= 4 is 163 Å². The summed E-state index contributed by atoms with van der Waals surface area (Å²) in [5, 5.41) is 8.78. The molecule has 6 aromatic rings. The number of nitrogens with one attached hydrogen (secondary N) is 3. The highest BCUT2D eigenvalue weighted by atomic mass is 128. The maximum atomic E-state index is 12.9. The van der Waals surface area contributed by atoms with E-state index in [4.69, 9.17) is 28.8 Å². The van der Waals surface area contributed by atoms with E-state index in [2.05, 4.69) is 85.9 Å². The number of likely N-dealkylation sites (tertiary alicyclic amines) is 2. The predicted molar refractivity (Wildman–Crippen MR) is 497 cm³/mol. The number of primary sulfonamides is 1. The third-order valence-corrected chi connectivity index (χ3v) is 24.6. The first-order valence-corrected chi connectivity index (χ1v) is 56.6. The van der Waals surface area contributed by atoms with Gasteiger partial charge in [0.05, 0.1) is 14.7 Å². The first kappa shape index (κ1) is 98.0. The van der Waals surface area contributed by atoms with Crippen molar-refractivity contribution in [3.05, 3.63) is 196 Å². The minimum absolute atomic E-state index is 0.0141. The predicted octanol–water partition coefficient (Wildman–Crippen LogP) is 15.5. The van der Waals surface area contributed by atoms with E-state index in [0.29, 0.717) is 142 Å². The second kappa shape index (κ2) is 41.8. The van der Waals surface area contributed by atoms with Crippen LogP contribution in [0.3, 0.4) is 0 Å². The maximum Gasteiger partial charge on any atom is 0.410 e. The molecule has 0 atom stereocenters. The number of hydrogen-bond donors (Lipinski definition) is 4. The first-order chi connectivity index (χ1) is 56.6. The van der Waals surface area contributed by atoms with Crippen LogP contribution in [-0.4, -0.2) is 198 Å². The summed E-state index contributed by atoms with van der Waals surface area (Å²) in [6.07, 6.45) is 8.96. The van der Waals surface area contributed by atoms with Crippen molar-refractivity contribution in [1.29, 1.82) is 0 Å². The van der Waals surface area contributed by atoms with Crippen molar-refractivity contribution in [1.82, 2.24) is 39.3 Å². The normalized spacial score (nSPS) is 16.0. The Morgan fingerprint density at radius 2 is 0.683 bits per heavy atom. The Hall–Kier alpha value is -7.48. The molecule has 0 aromatic heterocycles. The summed E-state index contributed by atoms with van der Waals surface area (Å²) >= 11 is 8.48. The van der Waals surface area contributed by atoms with E-state index in [0.717, 1.165) is 73.2 Å². The van der Waals surface area contributed by atoms with Gasteiger partial charge in [0, 0.05) is 226 Å². The molecule has 6 heterocycles. The molecular weight excluding hydrogens is 2050 g/mol. The molecule has 27 nitrogen and oxygen atoms in total. The quantitative estimate of drug-likeness (QED) is 0.0616. The van der Waals surface area contributed by atoms with E-state index < -0.39 is 69.9 Å². The Morgan fingerprint density at radius 3 is 0.933 bits per heavy atom. The van der Waals surface area contributed by atoms with Gasteiger partial charge in [0.1, 0.15) is 45.3 Å². The lowest BCUT2D eigenvalue weighted by molar-refractivity contribution is -0.118. The third-order valence-electron chi connectivity index (χ3n) is 20.8.